The molecule has 7 heteroatoms. The lowest BCUT2D eigenvalue weighted by Crippen LogP contribution is -2.30. The third-order valence-corrected chi connectivity index (χ3v) is 5.50. The summed E-state index contributed by atoms with van der Waals surface area (Å²) in [5.74, 6) is 0.308. The first kappa shape index (κ1) is 19.7. The van der Waals surface area contributed by atoms with Crippen molar-refractivity contribution in [3.05, 3.63) is 104 Å². The van der Waals surface area contributed by atoms with Crippen LogP contribution in [0.3, 0.4) is 0 Å². The Kier molecular flexibility index (Phi) is 5.81. The molecular weight excluding hydrogens is 396 g/mol. The highest BCUT2D eigenvalue weighted by Gasteiger charge is 2.18. The van der Waals surface area contributed by atoms with Crippen molar-refractivity contribution < 1.29 is 4.79 Å². The minimum atomic E-state index is -0.324. The van der Waals surface area contributed by atoms with E-state index in [-0.39, 0.29) is 17.5 Å². The molecule has 150 valence electrons. The van der Waals surface area contributed by atoms with Gasteiger partial charge in [0.25, 0.3) is 11.5 Å². The van der Waals surface area contributed by atoms with E-state index in [4.69, 9.17) is 0 Å². The lowest BCUT2D eigenvalue weighted by Gasteiger charge is -2.19. The molecule has 6 nitrogen and oxygen atoms in total. The standard InChI is InChI=1S/C23H20N4O2S/c1-15-10-18(14-30-15)23(29)26-20(16-6-3-2-4-7-16)11-19-12-21(28)27-22(25-19)17-8-5-9-24-13-17/h2-10,12-14,20H,11H2,1H3,(H,26,29)(H,25,27,28). The van der Waals surface area contributed by atoms with Crippen molar-refractivity contribution in [1.82, 2.24) is 20.3 Å². The van der Waals surface area contributed by atoms with Crippen molar-refractivity contribution in [2.75, 3.05) is 0 Å². The van der Waals surface area contributed by atoms with Crippen molar-refractivity contribution in [1.29, 1.82) is 0 Å². The van der Waals surface area contributed by atoms with E-state index in [0.29, 0.717) is 23.5 Å². The molecule has 0 aliphatic carbocycles. The highest BCUT2D eigenvalue weighted by Crippen LogP contribution is 2.20. The van der Waals surface area contributed by atoms with Crippen LogP contribution >= 0.6 is 11.3 Å². The highest BCUT2D eigenvalue weighted by molar-refractivity contribution is 7.10. The number of rotatable bonds is 6. The molecule has 30 heavy (non-hydrogen) atoms. The average molecular weight is 417 g/mol. The number of H-pyrrole nitrogens is 1. The predicted molar refractivity (Wildman–Crippen MR) is 117 cm³/mol. The molecule has 0 radical (unpaired) electrons. The molecule has 0 bridgehead atoms. The molecule has 0 spiro atoms. The van der Waals surface area contributed by atoms with Gasteiger partial charge < -0.3 is 10.3 Å². The second-order valence-electron chi connectivity index (χ2n) is 6.91. The summed E-state index contributed by atoms with van der Waals surface area (Å²) in [7, 11) is 0. The van der Waals surface area contributed by atoms with E-state index in [9.17, 15) is 9.59 Å². The number of hydrogen-bond acceptors (Lipinski definition) is 5. The third-order valence-electron chi connectivity index (χ3n) is 4.64. The minimum Gasteiger partial charge on any atom is -0.345 e. The average Bonchev–Trinajstić information content (AvgIpc) is 3.20. The summed E-state index contributed by atoms with van der Waals surface area (Å²) in [6, 6.07) is 16.3. The van der Waals surface area contributed by atoms with Gasteiger partial charge in [-0.2, -0.15) is 0 Å². The van der Waals surface area contributed by atoms with Crippen LogP contribution in [0.1, 0.15) is 32.5 Å². The third kappa shape index (κ3) is 4.69. The van der Waals surface area contributed by atoms with Crippen LogP contribution in [-0.2, 0) is 6.42 Å². The van der Waals surface area contributed by atoms with Gasteiger partial charge in [-0.25, -0.2) is 4.98 Å². The number of thiophene rings is 1. The van der Waals surface area contributed by atoms with Crippen molar-refractivity contribution in [3.8, 4) is 11.4 Å². The molecule has 1 atom stereocenters. The number of aromatic nitrogens is 3. The lowest BCUT2D eigenvalue weighted by molar-refractivity contribution is 0.0936. The smallest absolute Gasteiger partial charge is 0.252 e. The number of aromatic amines is 1. The Balaban J connectivity index is 1.64. The van der Waals surface area contributed by atoms with Crippen molar-refractivity contribution >= 4 is 17.2 Å². The Morgan fingerprint density at radius 1 is 1.17 bits per heavy atom. The topological polar surface area (TPSA) is 87.7 Å². The Labute approximate surface area is 177 Å². The number of aryl methyl sites for hydroxylation is 1. The first-order valence-electron chi connectivity index (χ1n) is 9.50. The quantitative estimate of drug-likeness (QED) is 0.499. The summed E-state index contributed by atoms with van der Waals surface area (Å²) in [5, 5.41) is 4.94. The number of benzene rings is 1. The molecule has 1 aromatic carbocycles. The number of pyridine rings is 1. The maximum absolute atomic E-state index is 12.8. The van der Waals surface area contributed by atoms with Crippen molar-refractivity contribution in [3.63, 3.8) is 0 Å². The molecule has 3 heterocycles. The van der Waals surface area contributed by atoms with Crippen LogP contribution in [0.25, 0.3) is 11.4 Å². The summed E-state index contributed by atoms with van der Waals surface area (Å²) in [4.78, 5) is 37.6. The van der Waals surface area contributed by atoms with Gasteiger partial charge in [-0.05, 0) is 30.7 Å². The number of nitrogens with zero attached hydrogens (tertiary/aromatic N) is 2. The molecule has 4 aromatic rings. The van der Waals surface area contributed by atoms with Crippen LogP contribution in [0.5, 0.6) is 0 Å². The Morgan fingerprint density at radius 2 is 2.00 bits per heavy atom. The van der Waals surface area contributed by atoms with E-state index in [2.05, 4.69) is 20.3 Å². The molecule has 3 aromatic heterocycles. The van der Waals surface area contributed by atoms with E-state index in [1.165, 1.54) is 17.4 Å². The van der Waals surface area contributed by atoms with Gasteiger partial charge in [-0.1, -0.05) is 30.3 Å². The first-order valence-corrected chi connectivity index (χ1v) is 10.4. The van der Waals surface area contributed by atoms with Crippen LogP contribution in [0, 0.1) is 6.92 Å². The van der Waals surface area contributed by atoms with E-state index in [1.807, 2.05) is 54.8 Å². The van der Waals surface area contributed by atoms with Crippen LogP contribution in [0.4, 0.5) is 0 Å². The number of carbonyl (C=O) groups is 1. The van der Waals surface area contributed by atoms with Gasteiger partial charge in [0.05, 0.1) is 17.3 Å². The molecule has 0 aliphatic heterocycles. The van der Waals surface area contributed by atoms with Gasteiger partial charge in [0.15, 0.2) is 0 Å². The fraction of sp³-hybridized carbons (Fsp3) is 0.130. The molecule has 4 rings (SSSR count). The normalized spacial score (nSPS) is 11.8. The van der Waals surface area contributed by atoms with E-state index < -0.39 is 0 Å². The van der Waals surface area contributed by atoms with E-state index in [0.717, 1.165) is 16.0 Å². The van der Waals surface area contributed by atoms with Crippen LogP contribution < -0.4 is 10.9 Å². The van der Waals surface area contributed by atoms with Crippen LogP contribution in [0.15, 0.2) is 77.2 Å². The summed E-state index contributed by atoms with van der Waals surface area (Å²) in [6.45, 7) is 1.97. The second-order valence-corrected chi connectivity index (χ2v) is 8.03. The van der Waals surface area contributed by atoms with Gasteiger partial charge >= 0.3 is 0 Å². The molecule has 1 unspecified atom stereocenters. The highest BCUT2D eigenvalue weighted by atomic mass is 32.1. The van der Waals surface area contributed by atoms with Gasteiger partial charge in [0.2, 0.25) is 0 Å². The van der Waals surface area contributed by atoms with Gasteiger partial charge in [-0.3, -0.25) is 14.6 Å². The lowest BCUT2D eigenvalue weighted by atomic mass is 10.0. The Bertz CT molecular complexity index is 1200. The Hall–Kier alpha value is -3.58. The van der Waals surface area contributed by atoms with E-state index in [1.54, 1.807) is 18.5 Å². The maximum Gasteiger partial charge on any atom is 0.252 e. The van der Waals surface area contributed by atoms with Gasteiger partial charge in [0, 0.05) is 40.7 Å². The SMILES string of the molecule is Cc1cc(C(=O)NC(Cc2cc(=O)[nH]c(-c3cccnc3)n2)c2ccccc2)cs1. The molecule has 0 fully saturated rings. The van der Waals surface area contributed by atoms with Crippen LogP contribution in [-0.4, -0.2) is 20.9 Å². The molecule has 0 aliphatic rings. The molecule has 1 amide bonds. The largest absolute Gasteiger partial charge is 0.345 e. The molecule has 0 saturated carbocycles. The number of nitrogens with one attached hydrogen (secondary N) is 2. The van der Waals surface area contributed by atoms with Gasteiger partial charge in [0.1, 0.15) is 5.82 Å². The summed E-state index contributed by atoms with van der Waals surface area (Å²) in [6.07, 6.45) is 3.70. The molecule has 2 N–H and O–H groups in total. The monoisotopic (exact) mass is 416 g/mol. The molecular formula is C23H20N4O2S. The zero-order valence-electron chi connectivity index (χ0n) is 16.3. The second kappa shape index (κ2) is 8.84. The van der Waals surface area contributed by atoms with Crippen LogP contribution in [0.2, 0.25) is 0 Å². The van der Waals surface area contributed by atoms with Crippen molar-refractivity contribution in [2.45, 2.75) is 19.4 Å². The summed E-state index contributed by atoms with van der Waals surface area (Å²) >= 11 is 1.54. The number of carbonyl (C=O) groups excluding carboxylic acids is 1. The summed E-state index contributed by atoms with van der Waals surface area (Å²) in [5.41, 5.74) is 2.65. The fourth-order valence-corrected chi connectivity index (χ4v) is 3.89. The molecule has 0 saturated heterocycles. The minimum absolute atomic E-state index is 0.148. The zero-order chi connectivity index (χ0) is 20.9. The first-order chi connectivity index (χ1) is 14.6. The predicted octanol–water partition coefficient (Wildman–Crippen LogP) is 3.92. The van der Waals surface area contributed by atoms with Gasteiger partial charge in [-0.15, -0.1) is 11.3 Å². The zero-order valence-corrected chi connectivity index (χ0v) is 17.1. The maximum atomic E-state index is 12.8. The van der Waals surface area contributed by atoms with Crippen molar-refractivity contribution in [2.24, 2.45) is 0 Å². The Morgan fingerprint density at radius 3 is 2.70 bits per heavy atom. The van der Waals surface area contributed by atoms with E-state index >= 15 is 0 Å². The summed E-state index contributed by atoms with van der Waals surface area (Å²) < 4.78 is 0. The fourth-order valence-electron chi connectivity index (χ4n) is 3.20. The number of hydrogen-bond donors (Lipinski definition) is 2. The number of amides is 1.